The van der Waals surface area contributed by atoms with E-state index in [2.05, 4.69) is 5.32 Å². The number of rotatable bonds is 4. The summed E-state index contributed by atoms with van der Waals surface area (Å²) in [5, 5.41) is 2.90. The lowest BCUT2D eigenvalue weighted by Gasteiger charge is -2.26. The molecule has 2 aromatic carbocycles. The zero-order valence-corrected chi connectivity index (χ0v) is 16.1. The number of piperidine rings is 1. The van der Waals surface area contributed by atoms with Gasteiger partial charge in [-0.3, -0.25) is 4.79 Å². The van der Waals surface area contributed by atoms with Gasteiger partial charge in [0.25, 0.3) is 5.91 Å². The van der Waals surface area contributed by atoms with Crippen molar-refractivity contribution in [2.24, 2.45) is 0 Å². The molecule has 1 aliphatic rings. The highest BCUT2D eigenvalue weighted by Gasteiger charge is 2.28. The van der Waals surface area contributed by atoms with Crippen LogP contribution < -0.4 is 5.32 Å². The van der Waals surface area contributed by atoms with Crippen LogP contribution in [-0.2, 0) is 10.0 Å². The van der Waals surface area contributed by atoms with Crippen LogP contribution in [0.3, 0.4) is 0 Å². The van der Waals surface area contributed by atoms with Crippen molar-refractivity contribution in [2.45, 2.75) is 31.1 Å². The Hall–Kier alpha value is -1.89. The Bertz CT molecular complexity index is 905. The lowest BCUT2D eigenvalue weighted by molar-refractivity contribution is 0.102. The summed E-state index contributed by atoms with van der Waals surface area (Å²) < 4.78 is 27.2. The molecule has 3 rings (SSSR count). The Morgan fingerprint density at radius 1 is 1.04 bits per heavy atom. The first-order valence-electron chi connectivity index (χ1n) is 8.55. The fourth-order valence-electron chi connectivity index (χ4n) is 2.93. The van der Waals surface area contributed by atoms with E-state index < -0.39 is 10.0 Å². The van der Waals surface area contributed by atoms with Gasteiger partial charge in [0.2, 0.25) is 10.0 Å². The molecule has 0 saturated carbocycles. The maximum absolute atomic E-state index is 12.9. The fraction of sp³-hybridized carbons (Fsp3) is 0.316. The van der Waals surface area contributed by atoms with Crippen molar-refractivity contribution in [3.63, 3.8) is 0 Å². The Kier molecular flexibility index (Phi) is 5.65. The number of anilines is 1. The number of carbonyl (C=O) groups is 1. The van der Waals surface area contributed by atoms with Gasteiger partial charge in [-0.05, 0) is 50.1 Å². The zero-order valence-electron chi connectivity index (χ0n) is 14.5. The summed E-state index contributed by atoms with van der Waals surface area (Å²) in [5.74, 6) is -0.374. The van der Waals surface area contributed by atoms with Crippen LogP contribution >= 0.6 is 11.6 Å². The molecule has 1 N–H and O–H groups in total. The highest BCUT2D eigenvalue weighted by Crippen LogP contribution is 2.28. The number of amides is 1. The third-order valence-electron chi connectivity index (χ3n) is 4.44. The molecule has 1 fully saturated rings. The molecule has 7 heteroatoms. The van der Waals surface area contributed by atoms with Gasteiger partial charge in [-0.1, -0.05) is 35.7 Å². The van der Waals surface area contributed by atoms with Gasteiger partial charge in [0, 0.05) is 24.3 Å². The normalized spacial score (nSPS) is 15.6. The first-order chi connectivity index (χ1) is 12.4. The van der Waals surface area contributed by atoms with Crippen molar-refractivity contribution in [1.82, 2.24) is 4.31 Å². The van der Waals surface area contributed by atoms with Gasteiger partial charge in [-0.15, -0.1) is 0 Å². The fourth-order valence-corrected chi connectivity index (χ4v) is 4.94. The van der Waals surface area contributed by atoms with Crippen LogP contribution in [0.2, 0.25) is 5.02 Å². The van der Waals surface area contributed by atoms with E-state index in [9.17, 15) is 13.2 Å². The number of aryl methyl sites for hydroxylation is 1. The van der Waals surface area contributed by atoms with E-state index in [1.165, 1.54) is 22.5 Å². The molecule has 0 aromatic heterocycles. The van der Waals surface area contributed by atoms with Crippen LogP contribution in [0.15, 0.2) is 47.4 Å². The van der Waals surface area contributed by atoms with E-state index >= 15 is 0 Å². The van der Waals surface area contributed by atoms with E-state index in [1.807, 2.05) is 19.1 Å². The summed E-state index contributed by atoms with van der Waals surface area (Å²) in [6.07, 6.45) is 2.70. The zero-order chi connectivity index (χ0) is 18.7. The molecule has 0 bridgehead atoms. The number of carbonyl (C=O) groups excluding carboxylic acids is 1. The van der Waals surface area contributed by atoms with Gasteiger partial charge in [0.1, 0.15) is 4.90 Å². The first-order valence-corrected chi connectivity index (χ1v) is 10.4. The molecule has 1 amide bonds. The SMILES string of the molecule is Cc1ccc(NC(=O)c2ccc(Cl)c(S(=O)(=O)N3CCCCC3)c2)cc1. The molecular formula is C19H21ClN2O3S. The van der Waals surface area contributed by atoms with Crippen LogP contribution in [-0.4, -0.2) is 31.7 Å². The summed E-state index contributed by atoms with van der Waals surface area (Å²) >= 11 is 6.14. The van der Waals surface area contributed by atoms with Gasteiger partial charge >= 0.3 is 0 Å². The van der Waals surface area contributed by atoms with Gasteiger partial charge in [0.15, 0.2) is 0 Å². The van der Waals surface area contributed by atoms with Crippen molar-refractivity contribution < 1.29 is 13.2 Å². The maximum Gasteiger partial charge on any atom is 0.255 e. The predicted molar refractivity (Wildman–Crippen MR) is 103 cm³/mol. The molecule has 0 aliphatic carbocycles. The largest absolute Gasteiger partial charge is 0.322 e. The Morgan fingerprint density at radius 3 is 2.35 bits per heavy atom. The molecule has 0 atom stereocenters. The number of halogens is 1. The summed E-state index contributed by atoms with van der Waals surface area (Å²) in [5.41, 5.74) is 1.99. The van der Waals surface area contributed by atoms with E-state index in [0.717, 1.165) is 24.8 Å². The summed E-state index contributed by atoms with van der Waals surface area (Å²) in [4.78, 5) is 12.5. The van der Waals surface area contributed by atoms with E-state index in [-0.39, 0.29) is 21.4 Å². The minimum absolute atomic E-state index is 0.0161. The van der Waals surface area contributed by atoms with E-state index in [1.54, 1.807) is 12.1 Å². The minimum atomic E-state index is -3.71. The number of benzene rings is 2. The lowest BCUT2D eigenvalue weighted by atomic mass is 10.2. The number of sulfonamides is 1. The van der Waals surface area contributed by atoms with Crippen molar-refractivity contribution in [1.29, 1.82) is 0 Å². The molecule has 138 valence electrons. The molecule has 0 radical (unpaired) electrons. The third-order valence-corrected chi connectivity index (χ3v) is 6.82. The number of nitrogens with zero attached hydrogens (tertiary/aromatic N) is 1. The monoisotopic (exact) mass is 392 g/mol. The topological polar surface area (TPSA) is 66.5 Å². The maximum atomic E-state index is 12.9. The van der Waals surface area contributed by atoms with Crippen LogP contribution in [0.4, 0.5) is 5.69 Å². The Labute approximate surface area is 159 Å². The molecule has 26 heavy (non-hydrogen) atoms. The minimum Gasteiger partial charge on any atom is -0.322 e. The number of hydrogen-bond donors (Lipinski definition) is 1. The molecule has 1 heterocycles. The van der Waals surface area contributed by atoms with Crippen molar-refractivity contribution >= 4 is 33.2 Å². The van der Waals surface area contributed by atoms with Crippen molar-refractivity contribution in [3.8, 4) is 0 Å². The molecule has 0 unspecified atom stereocenters. The molecule has 0 spiro atoms. The lowest BCUT2D eigenvalue weighted by Crippen LogP contribution is -2.35. The summed E-state index contributed by atoms with van der Waals surface area (Å²) in [7, 11) is -3.71. The van der Waals surface area contributed by atoms with Crippen molar-refractivity contribution in [2.75, 3.05) is 18.4 Å². The molecule has 1 aliphatic heterocycles. The van der Waals surface area contributed by atoms with Gasteiger partial charge in [-0.2, -0.15) is 4.31 Å². The predicted octanol–water partition coefficient (Wildman–Crippen LogP) is 4.08. The first kappa shape index (κ1) is 18.9. The highest BCUT2D eigenvalue weighted by atomic mass is 35.5. The quantitative estimate of drug-likeness (QED) is 0.852. The second-order valence-electron chi connectivity index (χ2n) is 6.43. The van der Waals surface area contributed by atoms with Crippen LogP contribution in [0.1, 0.15) is 35.2 Å². The van der Waals surface area contributed by atoms with E-state index in [0.29, 0.717) is 18.8 Å². The number of hydrogen-bond acceptors (Lipinski definition) is 3. The number of nitrogens with one attached hydrogen (secondary N) is 1. The molecular weight excluding hydrogens is 372 g/mol. The smallest absolute Gasteiger partial charge is 0.255 e. The molecule has 5 nitrogen and oxygen atoms in total. The van der Waals surface area contributed by atoms with Gasteiger partial charge in [-0.25, -0.2) is 8.42 Å². The van der Waals surface area contributed by atoms with Gasteiger partial charge < -0.3 is 5.32 Å². The summed E-state index contributed by atoms with van der Waals surface area (Å²) in [6, 6.07) is 11.7. The summed E-state index contributed by atoms with van der Waals surface area (Å²) in [6.45, 7) is 2.93. The molecule has 1 saturated heterocycles. The Balaban J connectivity index is 1.87. The standard InChI is InChI=1S/C19H21ClN2O3S/c1-14-5-8-16(9-6-14)21-19(23)15-7-10-17(20)18(13-15)26(24,25)22-11-3-2-4-12-22/h5-10,13H,2-4,11-12H2,1H3,(H,21,23). The van der Waals surface area contributed by atoms with Crippen LogP contribution in [0.5, 0.6) is 0 Å². The van der Waals surface area contributed by atoms with Gasteiger partial charge in [0.05, 0.1) is 5.02 Å². The van der Waals surface area contributed by atoms with E-state index in [4.69, 9.17) is 11.6 Å². The van der Waals surface area contributed by atoms with Crippen LogP contribution in [0.25, 0.3) is 0 Å². The van der Waals surface area contributed by atoms with Crippen molar-refractivity contribution in [3.05, 3.63) is 58.6 Å². The highest BCUT2D eigenvalue weighted by molar-refractivity contribution is 7.89. The second kappa shape index (κ2) is 7.78. The molecule has 2 aromatic rings. The average molecular weight is 393 g/mol. The average Bonchev–Trinajstić information content (AvgIpc) is 2.64. The van der Waals surface area contributed by atoms with Crippen LogP contribution in [0, 0.1) is 6.92 Å². The second-order valence-corrected chi connectivity index (χ2v) is 8.74. The Morgan fingerprint density at radius 2 is 1.69 bits per heavy atom. The third kappa shape index (κ3) is 4.09.